The zero-order chi connectivity index (χ0) is 18.0. The van der Waals surface area contributed by atoms with E-state index in [9.17, 15) is 18.0 Å². The number of hydrogen-bond acceptors (Lipinski definition) is 4. The van der Waals surface area contributed by atoms with Crippen LogP contribution < -0.4 is 5.32 Å². The summed E-state index contributed by atoms with van der Waals surface area (Å²) in [5.41, 5.74) is -0.472. The predicted octanol–water partition coefficient (Wildman–Crippen LogP) is 5.68. The fourth-order valence-electron chi connectivity index (χ4n) is 2.33. The van der Waals surface area contributed by atoms with Crippen molar-refractivity contribution in [1.82, 2.24) is 4.98 Å². The molecular formula is C17H13F3N2OS2. The van der Waals surface area contributed by atoms with Crippen LogP contribution in [0, 0.1) is 0 Å². The zero-order valence-corrected chi connectivity index (χ0v) is 14.7. The molecule has 1 heterocycles. The molecule has 3 aromatic rings. The second-order valence-corrected chi connectivity index (χ2v) is 7.39. The molecule has 0 spiro atoms. The standard InChI is InChI=1S/C17H13F3N2OS2/c1-2-24-12-8-4-3-6-10(12)15(23)22-16-21-14-11(17(18,19)20)7-5-9-13(14)25-16/h3-9H,2H2,1H3,(H,21,22,23). The molecule has 0 fully saturated rings. The van der Waals surface area contributed by atoms with E-state index < -0.39 is 11.7 Å². The Balaban J connectivity index is 1.93. The molecule has 2 aromatic carbocycles. The summed E-state index contributed by atoms with van der Waals surface area (Å²) in [6.45, 7) is 1.98. The van der Waals surface area contributed by atoms with E-state index >= 15 is 0 Å². The summed E-state index contributed by atoms with van der Waals surface area (Å²) >= 11 is 2.54. The predicted molar refractivity (Wildman–Crippen MR) is 95.4 cm³/mol. The largest absolute Gasteiger partial charge is 0.418 e. The Kier molecular flexibility index (Phi) is 5.01. The summed E-state index contributed by atoms with van der Waals surface area (Å²) in [5, 5.41) is 2.76. The van der Waals surface area contributed by atoms with E-state index in [0.29, 0.717) is 10.3 Å². The highest BCUT2D eigenvalue weighted by Gasteiger charge is 2.33. The summed E-state index contributed by atoms with van der Waals surface area (Å²) in [6, 6.07) is 11.0. The minimum absolute atomic E-state index is 0.146. The number of anilines is 1. The van der Waals surface area contributed by atoms with Crippen LogP contribution in [-0.2, 0) is 6.18 Å². The molecule has 0 saturated heterocycles. The van der Waals surface area contributed by atoms with Gasteiger partial charge in [0.25, 0.3) is 5.91 Å². The smallest absolute Gasteiger partial charge is 0.298 e. The lowest BCUT2D eigenvalue weighted by Crippen LogP contribution is -2.13. The van der Waals surface area contributed by atoms with Gasteiger partial charge in [-0.05, 0) is 30.0 Å². The van der Waals surface area contributed by atoms with Gasteiger partial charge >= 0.3 is 6.18 Å². The number of alkyl halides is 3. The Labute approximate surface area is 150 Å². The lowest BCUT2D eigenvalue weighted by molar-refractivity contribution is -0.136. The summed E-state index contributed by atoms with van der Waals surface area (Å²) in [7, 11) is 0. The van der Waals surface area contributed by atoms with E-state index in [2.05, 4.69) is 10.3 Å². The van der Waals surface area contributed by atoms with Gasteiger partial charge in [0, 0.05) is 4.90 Å². The average molecular weight is 382 g/mol. The molecule has 25 heavy (non-hydrogen) atoms. The first kappa shape index (κ1) is 17.8. The maximum Gasteiger partial charge on any atom is 0.418 e. The van der Waals surface area contributed by atoms with Crippen LogP contribution in [-0.4, -0.2) is 16.6 Å². The van der Waals surface area contributed by atoms with E-state index in [1.807, 2.05) is 19.1 Å². The van der Waals surface area contributed by atoms with Gasteiger partial charge in [-0.2, -0.15) is 13.2 Å². The van der Waals surface area contributed by atoms with Gasteiger partial charge in [0.05, 0.1) is 21.3 Å². The van der Waals surface area contributed by atoms with E-state index in [0.717, 1.165) is 28.1 Å². The van der Waals surface area contributed by atoms with Crippen molar-refractivity contribution in [3.8, 4) is 0 Å². The number of amides is 1. The molecule has 0 aliphatic heterocycles. The number of aromatic nitrogens is 1. The van der Waals surface area contributed by atoms with Crippen LogP contribution in [0.2, 0.25) is 0 Å². The maximum absolute atomic E-state index is 13.1. The van der Waals surface area contributed by atoms with Crippen LogP contribution in [0.5, 0.6) is 0 Å². The van der Waals surface area contributed by atoms with E-state index in [-0.39, 0.29) is 16.6 Å². The Bertz CT molecular complexity index is 922. The molecule has 0 unspecified atom stereocenters. The van der Waals surface area contributed by atoms with Gasteiger partial charge in [0.2, 0.25) is 0 Å². The Hall–Kier alpha value is -2.06. The number of carbonyl (C=O) groups excluding carboxylic acids is 1. The van der Waals surface area contributed by atoms with Gasteiger partial charge in [0.1, 0.15) is 0 Å². The van der Waals surface area contributed by atoms with Gasteiger partial charge < -0.3 is 0 Å². The highest BCUT2D eigenvalue weighted by Crippen LogP contribution is 2.37. The summed E-state index contributed by atoms with van der Waals surface area (Å²) in [4.78, 5) is 17.3. The number of benzene rings is 2. The molecule has 1 N–H and O–H groups in total. The van der Waals surface area contributed by atoms with Crippen molar-refractivity contribution in [1.29, 1.82) is 0 Å². The first-order chi connectivity index (χ1) is 11.9. The molecule has 0 radical (unpaired) electrons. The van der Waals surface area contributed by atoms with Gasteiger partial charge in [-0.3, -0.25) is 10.1 Å². The van der Waals surface area contributed by atoms with Crippen molar-refractivity contribution >= 4 is 44.4 Å². The number of halogens is 3. The molecule has 1 amide bonds. The quantitative estimate of drug-likeness (QED) is 0.590. The Morgan fingerprint density at radius 1 is 1.20 bits per heavy atom. The topological polar surface area (TPSA) is 42.0 Å². The third-order valence-electron chi connectivity index (χ3n) is 3.38. The van der Waals surface area contributed by atoms with Crippen molar-refractivity contribution in [3.05, 3.63) is 53.6 Å². The molecule has 8 heteroatoms. The number of nitrogens with one attached hydrogen (secondary N) is 1. The first-order valence-electron chi connectivity index (χ1n) is 7.40. The van der Waals surface area contributed by atoms with E-state index in [4.69, 9.17) is 0 Å². The van der Waals surface area contributed by atoms with Gasteiger partial charge in [-0.1, -0.05) is 36.5 Å². The molecule has 3 rings (SSSR count). The van der Waals surface area contributed by atoms with Crippen LogP contribution in [0.3, 0.4) is 0 Å². The highest BCUT2D eigenvalue weighted by atomic mass is 32.2. The lowest BCUT2D eigenvalue weighted by Gasteiger charge is -2.07. The van der Waals surface area contributed by atoms with E-state index in [1.165, 1.54) is 17.8 Å². The minimum Gasteiger partial charge on any atom is -0.298 e. The summed E-state index contributed by atoms with van der Waals surface area (Å²) in [5.74, 6) is 0.421. The number of para-hydroxylation sites is 1. The second kappa shape index (κ2) is 7.05. The fourth-order valence-corrected chi connectivity index (χ4v) is 4.02. The van der Waals surface area contributed by atoms with Crippen molar-refractivity contribution in [2.75, 3.05) is 11.1 Å². The first-order valence-corrected chi connectivity index (χ1v) is 9.20. The normalized spacial score (nSPS) is 11.7. The zero-order valence-electron chi connectivity index (χ0n) is 13.1. The van der Waals surface area contributed by atoms with Gasteiger partial charge in [-0.15, -0.1) is 11.8 Å². The lowest BCUT2D eigenvalue weighted by atomic mass is 10.2. The molecule has 3 nitrogen and oxygen atoms in total. The van der Waals surface area contributed by atoms with Crippen molar-refractivity contribution in [2.24, 2.45) is 0 Å². The van der Waals surface area contributed by atoms with Crippen LogP contribution in [0.25, 0.3) is 10.2 Å². The van der Waals surface area contributed by atoms with Crippen LogP contribution >= 0.6 is 23.1 Å². The molecule has 0 aliphatic rings. The Morgan fingerprint density at radius 2 is 1.96 bits per heavy atom. The number of carbonyl (C=O) groups is 1. The number of rotatable bonds is 4. The number of nitrogens with zero attached hydrogens (tertiary/aromatic N) is 1. The number of thiazole rings is 1. The Morgan fingerprint density at radius 3 is 2.68 bits per heavy atom. The van der Waals surface area contributed by atoms with Crippen LogP contribution in [0.4, 0.5) is 18.3 Å². The minimum atomic E-state index is -4.49. The van der Waals surface area contributed by atoms with Gasteiger partial charge in [0.15, 0.2) is 5.13 Å². The van der Waals surface area contributed by atoms with Crippen molar-refractivity contribution in [3.63, 3.8) is 0 Å². The third-order valence-corrected chi connectivity index (χ3v) is 5.27. The van der Waals surface area contributed by atoms with Crippen molar-refractivity contribution in [2.45, 2.75) is 18.0 Å². The number of fused-ring (bicyclic) bond motifs is 1. The summed E-state index contributed by atoms with van der Waals surface area (Å²) < 4.78 is 39.6. The van der Waals surface area contributed by atoms with Gasteiger partial charge in [-0.25, -0.2) is 4.98 Å². The molecule has 0 saturated carbocycles. The SMILES string of the molecule is CCSc1ccccc1C(=O)Nc1nc2c(C(F)(F)F)cccc2s1. The molecular weight excluding hydrogens is 369 g/mol. The highest BCUT2D eigenvalue weighted by molar-refractivity contribution is 7.99. The number of thioether (sulfide) groups is 1. The maximum atomic E-state index is 13.1. The fraction of sp³-hybridized carbons (Fsp3) is 0.176. The third kappa shape index (κ3) is 3.80. The molecule has 130 valence electrons. The van der Waals surface area contributed by atoms with Crippen LogP contribution in [0.15, 0.2) is 47.4 Å². The average Bonchev–Trinajstić information content (AvgIpc) is 2.96. The molecule has 1 aromatic heterocycles. The molecule has 0 bridgehead atoms. The molecule has 0 aliphatic carbocycles. The van der Waals surface area contributed by atoms with Crippen molar-refractivity contribution < 1.29 is 18.0 Å². The van der Waals surface area contributed by atoms with E-state index in [1.54, 1.807) is 18.2 Å². The monoisotopic (exact) mass is 382 g/mol. The molecule has 0 atom stereocenters. The number of hydrogen-bond donors (Lipinski definition) is 1. The van der Waals surface area contributed by atoms with Crippen LogP contribution in [0.1, 0.15) is 22.8 Å². The second-order valence-electron chi connectivity index (χ2n) is 5.05. The summed E-state index contributed by atoms with van der Waals surface area (Å²) in [6.07, 6.45) is -4.49.